The normalized spacial score (nSPS) is 17.8. The Labute approximate surface area is 83.3 Å². The highest BCUT2D eigenvalue weighted by atomic mass is 35.5. The van der Waals surface area contributed by atoms with Crippen LogP contribution in [0.5, 0.6) is 0 Å². The van der Waals surface area contributed by atoms with E-state index in [4.69, 9.17) is 17.3 Å². The monoisotopic (exact) mass is 199 g/mol. The lowest BCUT2D eigenvalue weighted by Gasteiger charge is -2.20. The van der Waals surface area contributed by atoms with Crippen molar-refractivity contribution in [2.45, 2.75) is 24.4 Å². The van der Waals surface area contributed by atoms with Gasteiger partial charge < -0.3 is 10.8 Å². The van der Waals surface area contributed by atoms with E-state index >= 15 is 0 Å². The van der Waals surface area contributed by atoms with Crippen molar-refractivity contribution in [3.05, 3.63) is 35.9 Å². The molecule has 0 amide bonds. The highest BCUT2D eigenvalue weighted by molar-refractivity contribution is 6.21. The molecule has 0 heterocycles. The molecule has 0 saturated carbocycles. The summed E-state index contributed by atoms with van der Waals surface area (Å²) in [4.78, 5) is 0. The smallest absolute Gasteiger partial charge is 0.0761 e. The first-order valence-corrected chi connectivity index (χ1v) is 4.69. The van der Waals surface area contributed by atoms with Gasteiger partial charge in [0.15, 0.2) is 0 Å². The van der Waals surface area contributed by atoms with E-state index in [0.717, 1.165) is 5.56 Å². The van der Waals surface area contributed by atoms with Crippen LogP contribution in [0.2, 0.25) is 0 Å². The number of nitrogens with two attached hydrogens (primary N) is 1. The van der Waals surface area contributed by atoms with Gasteiger partial charge in [-0.3, -0.25) is 0 Å². The molecule has 0 radical (unpaired) electrons. The minimum atomic E-state index is -0.595. The van der Waals surface area contributed by atoms with Crippen LogP contribution in [0, 0.1) is 0 Å². The number of aliphatic hydroxyl groups is 1. The van der Waals surface area contributed by atoms with Gasteiger partial charge in [0, 0.05) is 0 Å². The van der Waals surface area contributed by atoms with Gasteiger partial charge in [-0.15, -0.1) is 11.6 Å². The maximum atomic E-state index is 9.24. The van der Waals surface area contributed by atoms with Crippen molar-refractivity contribution in [1.82, 2.24) is 0 Å². The molecule has 3 unspecified atom stereocenters. The summed E-state index contributed by atoms with van der Waals surface area (Å²) in [6.07, 6.45) is -0.595. The van der Waals surface area contributed by atoms with E-state index in [9.17, 15) is 5.11 Å². The molecule has 1 aromatic rings. The summed E-state index contributed by atoms with van der Waals surface area (Å²) in [7, 11) is 0. The molecule has 3 atom stereocenters. The lowest BCUT2D eigenvalue weighted by Crippen LogP contribution is -2.36. The van der Waals surface area contributed by atoms with Gasteiger partial charge in [0.1, 0.15) is 0 Å². The minimum absolute atomic E-state index is 0.332. The van der Waals surface area contributed by atoms with Crippen LogP contribution < -0.4 is 5.73 Å². The van der Waals surface area contributed by atoms with Crippen LogP contribution in [0.3, 0.4) is 0 Å². The molecular formula is C10H14ClNO. The Kier molecular flexibility index (Phi) is 3.72. The summed E-state index contributed by atoms with van der Waals surface area (Å²) in [5.41, 5.74) is 6.65. The molecule has 0 aliphatic carbocycles. The zero-order valence-corrected chi connectivity index (χ0v) is 8.28. The zero-order chi connectivity index (χ0) is 9.84. The highest BCUT2D eigenvalue weighted by Crippen LogP contribution is 2.24. The van der Waals surface area contributed by atoms with E-state index in [1.165, 1.54) is 0 Å². The predicted molar refractivity (Wildman–Crippen MR) is 54.7 cm³/mol. The Hall–Kier alpha value is -0.570. The fourth-order valence-electron chi connectivity index (χ4n) is 1.10. The number of hydrogen-bond acceptors (Lipinski definition) is 2. The van der Waals surface area contributed by atoms with E-state index < -0.39 is 12.1 Å². The molecule has 0 aliphatic rings. The molecule has 1 rings (SSSR count). The van der Waals surface area contributed by atoms with Crippen LogP contribution in [0.4, 0.5) is 0 Å². The Morgan fingerprint density at radius 1 is 1.31 bits per heavy atom. The van der Waals surface area contributed by atoms with Crippen molar-refractivity contribution in [3.8, 4) is 0 Å². The number of benzene rings is 1. The molecule has 0 bridgehead atoms. The average molecular weight is 200 g/mol. The largest absolute Gasteiger partial charge is 0.392 e. The van der Waals surface area contributed by atoms with Crippen LogP contribution >= 0.6 is 11.6 Å². The molecule has 2 nitrogen and oxygen atoms in total. The first-order chi connectivity index (χ1) is 6.13. The molecule has 1 aromatic carbocycles. The zero-order valence-electron chi connectivity index (χ0n) is 7.52. The summed E-state index contributed by atoms with van der Waals surface area (Å²) >= 11 is 6.07. The molecule has 3 heteroatoms. The SMILES string of the molecule is CC(O)C(N)C(Cl)c1ccccc1. The van der Waals surface area contributed by atoms with E-state index in [1.807, 2.05) is 30.3 Å². The second-order valence-corrected chi connectivity index (χ2v) is 3.60. The molecule has 0 spiro atoms. The van der Waals surface area contributed by atoms with Crippen molar-refractivity contribution in [2.75, 3.05) is 0 Å². The highest BCUT2D eigenvalue weighted by Gasteiger charge is 2.20. The lowest BCUT2D eigenvalue weighted by molar-refractivity contribution is 0.161. The second-order valence-electron chi connectivity index (χ2n) is 3.13. The number of alkyl halides is 1. The molecular weight excluding hydrogens is 186 g/mol. The standard InChI is InChI=1S/C10H14ClNO/c1-7(13)10(12)9(11)8-5-3-2-4-6-8/h2-7,9-10,13H,12H2,1H3. The van der Waals surface area contributed by atoms with E-state index in [-0.39, 0.29) is 5.38 Å². The lowest BCUT2D eigenvalue weighted by atomic mass is 10.0. The Morgan fingerprint density at radius 3 is 2.31 bits per heavy atom. The Bertz CT molecular complexity index is 250. The molecule has 13 heavy (non-hydrogen) atoms. The molecule has 72 valence electrons. The minimum Gasteiger partial charge on any atom is -0.392 e. The van der Waals surface area contributed by atoms with Crippen LogP contribution in [0.1, 0.15) is 17.9 Å². The van der Waals surface area contributed by atoms with Gasteiger partial charge in [0.25, 0.3) is 0 Å². The Balaban J connectivity index is 2.73. The first-order valence-electron chi connectivity index (χ1n) is 4.25. The van der Waals surface area contributed by atoms with Gasteiger partial charge in [0.2, 0.25) is 0 Å². The number of hydrogen-bond donors (Lipinski definition) is 2. The van der Waals surface area contributed by atoms with E-state index in [0.29, 0.717) is 0 Å². The number of rotatable bonds is 3. The third kappa shape index (κ3) is 2.69. The fraction of sp³-hybridized carbons (Fsp3) is 0.400. The van der Waals surface area contributed by atoms with E-state index in [2.05, 4.69) is 0 Å². The van der Waals surface area contributed by atoms with Gasteiger partial charge >= 0.3 is 0 Å². The van der Waals surface area contributed by atoms with Gasteiger partial charge in [-0.05, 0) is 12.5 Å². The van der Waals surface area contributed by atoms with Crippen LogP contribution in [-0.4, -0.2) is 17.3 Å². The quantitative estimate of drug-likeness (QED) is 0.728. The van der Waals surface area contributed by atoms with Crippen molar-refractivity contribution in [3.63, 3.8) is 0 Å². The van der Waals surface area contributed by atoms with Crippen LogP contribution in [-0.2, 0) is 0 Å². The molecule has 0 fully saturated rings. The van der Waals surface area contributed by atoms with Crippen molar-refractivity contribution in [1.29, 1.82) is 0 Å². The molecule has 0 aromatic heterocycles. The average Bonchev–Trinajstić information content (AvgIpc) is 2.17. The molecule has 3 N–H and O–H groups in total. The predicted octanol–water partition coefficient (Wildman–Crippen LogP) is 1.67. The topological polar surface area (TPSA) is 46.2 Å². The summed E-state index contributed by atoms with van der Waals surface area (Å²) in [5.74, 6) is 0. The number of aliphatic hydroxyl groups excluding tert-OH is 1. The van der Waals surface area contributed by atoms with Gasteiger partial charge in [-0.25, -0.2) is 0 Å². The second kappa shape index (κ2) is 4.61. The summed E-state index contributed by atoms with van der Waals surface area (Å²) in [5, 5.41) is 8.91. The maximum Gasteiger partial charge on any atom is 0.0761 e. The summed E-state index contributed by atoms with van der Waals surface area (Å²) in [6, 6.07) is 9.10. The van der Waals surface area contributed by atoms with Gasteiger partial charge in [-0.2, -0.15) is 0 Å². The first kappa shape index (κ1) is 10.5. The van der Waals surface area contributed by atoms with Gasteiger partial charge in [-0.1, -0.05) is 30.3 Å². The van der Waals surface area contributed by atoms with Crippen LogP contribution in [0.25, 0.3) is 0 Å². The van der Waals surface area contributed by atoms with Gasteiger partial charge in [0.05, 0.1) is 17.5 Å². The third-order valence-corrected chi connectivity index (χ3v) is 2.56. The summed E-state index contributed by atoms with van der Waals surface area (Å²) < 4.78 is 0. The van der Waals surface area contributed by atoms with Crippen molar-refractivity contribution < 1.29 is 5.11 Å². The number of halogens is 1. The third-order valence-electron chi connectivity index (χ3n) is 2.01. The van der Waals surface area contributed by atoms with Crippen molar-refractivity contribution >= 4 is 11.6 Å². The maximum absolute atomic E-state index is 9.24. The molecule has 0 aliphatic heterocycles. The molecule has 0 saturated heterocycles. The fourth-order valence-corrected chi connectivity index (χ4v) is 1.46. The summed E-state index contributed by atoms with van der Waals surface area (Å²) in [6.45, 7) is 1.64. The Morgan fingerprint density at radius 2 is 1.85 bits per heavy atom. The van der Waals surface area contributed by atoms with Crippen LogP contribution in [0.15, 0.2) is 30.3 Å². The van der Waals surface area contributed by atoms with E-state index in [1.54, 1.807) is 6.92 Å². The van der Waals surface area contributed by atoms with Crippen molar-refractivity contribution in [2.24, 2.45) is 5.73 Å².